The van der Waals surface area contributed by atoms with Crippen LogP contribution in [0.1, 0.15) is 0 Å². The Bertz CT molecular complexity index is 1300. The Labute approximate surface area is 191 Å². The number of halogens is 1. The molecule has 0 bridgehead atoms. The molecule has 0 N–H and O–H groups in total. The largest absolute Gasteiger partial charge is 0.353 e. The van der Waals surface area contributed by atoms with Crippen LogP contribution in [0.25, 0.3) is 21.6 Å². The Hall–Kier alpha value is -1.85. The summed E-state index contributed by atoms with van der Waals surface area (Å²) in [4.78, 5) is 12.8. The Balaban J connectivity index is 1.45. The fourth-order valence-corrected chi connectivity index (χ4v) is 7.76. The normalized spacial score (nSPS) is 15.7. The molecule has 1 fully saturated rings. The molecule has 0 radical (unpaired) electrons. The first-order valence-corrected chi connectivity index (χ1v) is 13.3. The van der Waals surface area contributed by atoms with Gasteiger partial charge in [-0.1, -0.05) is 18.2 Å². The first kappa shape index (κ1) is 20.1. The maximum absolute atomic E-state index is 12.9. The van der Waals surface area contributed by atoms with Crippen molar-refractivity contribution in [1.29, 1.82) is 0 Å². The van der Waals surface area contributed by atoms with E-state index in [1.807, 2.05) is 41.8 Å². The average Bonchev–Trinajstić information content (AvgIpc) is 3.45. The van der Waals surface area contributed by atoms with E-state index < -0.39 is 10.0 Å². The first-order valence-electron chi connectivity index (χ1n) is 9.33. The molecule has 0 amide bonds. The highest BCUT2D eigenvalue weighted by Crippen LogP contribution is 2.32. The van der Waals surface area contributed by atoms with Crippen molar-refractivity contribution in [2.45, 2.75) is 4.21 Å². The van der Waals surface area contributed by atoms with Crippen LogP contribution in [-0.4, -0.2) is 48.9 Å². The minimum Gasteiger partial charge on any atom is -0.353 e. The van der Waals surface area contributed by atoms with Crippen LogP contribution in [0.4, 0.5) is 5.82 Å². The molecule has 3 aromatic heterocycles. The Morgan fingerprint density at radius 2 is 1.73 bits per heavy atom. The molecule has 4 aromatic rings. The van der Waals surface area contributed by atoms with Crippen LogP contribution in [-0.2, 0) is 10.0 Å². The van der Waals surface area contributed by atoms with E-state index in [9.17, 15) is 8.42 Å². The molecule has 1 aliphatic heterocycles. The fourth-order valence-electron chi connectivity index (χ4n) is 3.52. The Kier molecular flexibility index (Phi) is 5.36. The number of sulfonamides is 1. The summed E-state index contributed by atoms with van der Waals surface area (Å²) in [5.41, 5.74) is 0.893. The summed E-state index contributed by atoms with van der Waals surface area (Å²) in [5, 5.41) is 3.00. The number of aromatic nitrogens is 2. The molecular weight excluding hydrogens is 504 g/mol. The lowest BCUT2D eigenvalue weighted by atomic mass is 10.2. The number of hydrogen-bond donors (Lipinski definition) is 0. The number of anilines is 1. The van der Waals surface area contributed by atoms with Crippen LogP contribution in [0.5, 0.6) is 0 Å². The third kappa shape index (κ3) is 3.67. The van der Waals surface area contributed by atoms with Gasteiger partial charge in [0.25, 0.3) is 10.0 Å². The van der Waals surface area contributed by atoms with E-state index in [1.165, 1.54) is 11.3 Å². The lowest BCUT2D eigenvalue weighted by Gasteiger charge is -2.35. The number of thiophene rings is 2. The lowest BCUT2D eigenvalue weighted by molar-refractivity contribution is 0.385. The fraction of sp³-hybridized carbons (Fsp3) is 0.200. The van der Waals surface area contributed by atoms with Gasteiger partial charge in [-0.25, -0.2) is 18.4 Å². The molecule has 0 saturated carbocycles. The van der Waals surface area contributed by atoms with Crippen LogP contribution in [0.2, 0.25) is 0 Å². The second kappa shape index (κ2) is 8.01. The summed E-state index contributed by atoms with van der Waals surface area (Å²) in [7, 11) is -3.47. The molecule has 1 aromatic carbocycles. The van der Waals surface area contributed by atoms with Gasteiger partial charge >= 0.3 is 0 Å². The van der Waals surface area contributed by atoms with Gasteiger partial charge in [0.1, 0.15) is 10.0 Å². The smallest absolute Gasteiger partial charge is 0.252 e. The van der Waals surface area contributed by atoms with Crippen LogP contribution in [0.15, 0.2) is 61.9 Å². The quantitative estimate of drug-likeness (QED) is 0.390. The molecule has 154 valence electrons. The summed E-state index contributed by atoms with van der Waals surface area (Å²) in [6, 6.07) is 15.4. The minimum absolute atomic E-state index is 0.371. The third-order valence-corrected chi connectivity index (χ3v) is 9.86. The number of rotatable bonds is 4. The van der Waals surface area contributed by atoms with E-state index in [4.69, 9.17) is 9.97 Å². The van der Waals surface area contributed by atoms with Crippen molar-refractivity contribution in [3.8, 4) is 10.7 Å². The predicted octanol–water partition coefficient (Wildman–Crippen LogP) is 4.69. The molecule has 0 unspecified atom stereocenters. The highest BCUT2D eigenvalue weighted by Gasteiger charge is 2.30. The van der Waals surface area contributed by atoms with E-state index >= 15 is 0 Å². The number of nitrogens with zero attached hydrogens (tertiary/aromatic N) is 4. The Morgan fingerprint density at radius 1 is 0.933 bits per heavy atom. The number of para-hydroxylation sites is 1. The molecule has 1 saturated heterocycles. The first-order chi connectivity index (χ1) is 14.5. The van der Waals surface area contributed by atoms with E-state index in [-0.39, 0.29) is 0 Å². The highest BCUT2D eigenvalue weighted by atomic mass is 79.9. The molecule has 5 rings (SSSR count). The van der Waals surface area contributed by atoms with Crippen molar-refractivity contribution in [1.82, 2.24) is 14.3 Å². The van der Waals surface area contributed by atoms with Crippen LogP contribution < -0.4 is 4.90 Å². The van der Waals surface area contributed by atoms with Gasteiger partial charge in [0.2, 0.25) is 0 Å². The van der Waals surface area contributed by atoms with Crippen LogP contribution >= 0.6 is 38.6 Å². The van der Waals surface area contributed by atoms with Gasteiger partial charge in [0.05, 0.1) is 14.2 Å². The standard InChI is InChI=1S/C20H17BrN4O2S3/c21-17-7-8-18(29-17)30(26,27)25-11-9-24(10-12-25)20-14-4-1-2-5-15(14)22-19(23-20)16-6-3-13-28-16/h1-8,13H,9-12H2. The second-order valence-electron chi connectivity index (χ2n) is 6.81. The molecule has 0 spiro atoms. The molecule has 0 atom stereocenters. The molecule has 0 aliphatic carbocycles. The SMILES string of the molecule is O=S(=O)(c1ccc(Br)s1)N1CCN(c2nc(-c3cccs3)nc3ccccc23)CC1. The summed E-state index contributed by atoms with van der Waals surface area (Å²) >= 11 is 6.20. The number of hydrogen-bond acceptors (Lipinski definition) is 7. The van der Waals surface area contributed by atoms with Gasteiger partial charge in [-0.05, 0) is 51.6 Å². The molecular formula is C20H17BrN4O2S3. The third-order valence-electron chi connectivity index (χ3n) is 5.01. The number of fused-ring (bicyclic) bond motifs is 1. The number of benzene rings is 1. The van der Waals surface area contributed by atoms with Crippen LogP contribution in [0.3, 0.4) is 0 Å². The molecule has 1 aliphatic rings. The van der Waals surface area contributed by atoms with Crippen molar-refractivity contribution in [3.05, 3.63) is 57.7 Å². The minimum atomic E-state index is -3.47. The maximum Gasteiger partial charge on any atom is 0.252 e. The average molecular weight is 521 g/mol. The zero-order chi connectivity index (χ0) is 20.7. The topological polar surface area (TPSA) is 66.4 Å². The second-order valence-corrected chi connectivity index (χ2v) is 12.4. The summed E-state index contributed by atoms with van der Waals surface area (Å²) in [6.07, 6.45) is 0. The molecule has 6 nitrogen and oxygen atoms in total. The van der Waals surface area contributed by atoms with Gasteiger partial charge in [0.15, 0.2) is 5.82 Å². The van der Waals surface area contributed by atoms with Gasteiger partial charge in [-0.15, -0.1) is 22.7 Å². The van der Waals surface area contributed by atoms with Gasteiger partial charge < -0.3 is 4.90 Å². The summed E-state index contributed by atoms with van der Waals surface area (Å²) < 4.78 is 28.6. The Morgan fingerprint density at radius 3 is 2.43 bits per heavy atom. The predicted molar refractivity (Wildman–Crippen MR) is 126 cm³/mol. The molecule has 4 heterocycles. The zero-order valence-corrected chi connectivity index (χ0v) is 19.8. The van der Waals surface area contributed by atoms with E-state index in [1.54, 1.807) is 27.8 Å². The zero-order valence-electron chi connectivity index (χ0n) is 15.7. The summed E-state index contributed by atoms with van der Waals surface area (Å²) in [6.45, 7) is 2.00. The van der Waals surface area contributed by atoms with Gasteiger partial charge in [-0.2, -0.15) is 4.31 Å². The van der Waals surface area contributed by atoms with E-state index in [0.717, 1.165) is 25.4 Å². The van der Waals surface area contributed by atoms with Crippen molar-refractivity contribution in [2.75, 3.05) is 31.1 Å². The molecule has 30 heavy (non-hydrogen) atoms. The molecule has 10 heteroatoms. The van der Waals surface area contributed by atoms with Crippen molar-refractivity contribution >= 4 is 65.3 Å². The maximum atomic E-state index is 12.9. The van der Waals surface area contributed by atoms with Crippen LogP contribution in [0, 0.1) is 0 Å². The summed E-state index contributed by atoms with van der Waals surface area (Å²) in [5.74, 6) is 1.57. The van der Waals surface area contributed by atoms with E-state index in [2.05, 4.69) is 20.8 Å². The monoisotopic (exact) mass is 520 g/mol. The van der Waals surface area contributed by atoms with E-state index in [0.29, 0.717) is 36.2 Å². The lowest BCUT2D eigenvalue weighted by Crippen LogP contribution is -2.48. The van der Waals surface area contributed by atoms with Gasteiger partial charge in [-0.3, -0.25) is 0 Å². The van der Waals surface area contributed by atoms with Crippen molar-refractivity contribution < 1.29 is 8.42 Å². The van der Waals surface area contributed by atoms with Gasteiger partial charge in [0, 0.05) is 31.6 Å². The highest BCUT2D eigenvalue weighted by molar-refractivity contribution is 9.11. The number of piperazine rings is 1. The van der Waals surface area contributed by atoms with Crippen molar-refractivity contribution in [3.63, 3.8) is 0 Å². The van der Waals surface area contributed by atoms with Crippen molar-refractivity contribution in [2.24, 2.45) is 0 Å².